The highest BCUT2D eigenvalue weighted by atomic mass is 35.5. The Morgan fingerprint density at radius 2 is 1.95 bits per heavy atom. The SMILES string of the molecule is CCNC(COc1ccccc1)Cc1ccc(Cl)cc1F. The molecule has 2 aromatic rings. The van der Waals surface area contributed by atoms with E-state index in [0.29, 0.717) is 23.6 Å². The van der Waals surface area contributed by atoms with Gasteiger partial charge in [0.05, 0.1) is 0 Å². The van der Waals surface area contributed by atoms with Crippen LogP contribution in [-0.4, -0.2) is 19.2 Å². The standard InChI is InChI=1S/C17H19ClFNO/c1-2-20-15(12-21-16-6-4-3-5-7-16)10-13-8-9-14(18)11-17(13)19/h3-9,11,15,20H,2,10,12H2,1H3. The molecule has 0 aromatic heterocycles. The largest absolute Gasteiger partial charge is 0.492 e. The number of para-hydroxylation sites is 1. The summed E-state index contributed by atoms with van der Waals surface area (Å²) in [6, 6.07) is 14.4. The molecule has 2 nitrogen and oxygen atoms in total. The molecule has 0 saturated heterocycles. The van der Waals surface area contributed by atoms with Gasteiger partial charge in [-0.25, -0.2) is 4.39 Å². The lowest BCUT2D eigenvalue weighted by molar-refractivity contribution is 0.264. The Morgan fingerprint density at radius 1 is 1.19 bits per heavy atom. The highest BCUT2D eigenvalue weighted by molar-refractivity contribution is 6.30. The van der Waals surface area contributed by atoms with Crippen LogP contribution in [0.2, 0.25) is 5.02 Å². The molecular weight excluding hydrogens is 289 g/mol. The molecule has 0 aliphatic heterocycles. The molecule has 2 rings (SSSR count). The van der Waals surface area contributed by atoms with Crippen molar-refractivity contribution in [1.82, 2.24) is 5.32 Å². The molecule has 0 aliphatic carbocycles. The minimum Gasteiger partial charge on any atom is -0.492 e. The minimum atomic E-state index is -0.273. The number of rotatable bonds is 7. The van der Waals surface area contributed by atoms with Crippen LogP contribution in [0, 0.1) is 5.82 Å². The van der Waals surface area contributed by atoms with E-state index in [1.807, 2.05) is 37.3 Å². The lowest BCUT2D eigenvalue weighted by Crippen LogP contribution is -2.36. The molecule has 21 heavy (non-hydrogen) atoms. The van der Waals surface area contributed by atoms with Crippen LogP contribution >= 0.6 is 11.6 Å². The van der Waals surface area contributed by atoms with Crippen LogP contribution in [0.5, 0.6) is 5.75 Å². The molecule has 0 saturated carbocycles. The molecule has 0 amide bonds. The summed E-state index contributed by atoms with van der Waals surface area (Å²) in [4.78, 5) is 0. The molecule has 1 atom stereocenters. The zero-order valence-electron chi connectivity index (χ0n) is 12.0. The predicted octanol–water partition coefficient (Wildman–Crippen LogP) is 4.08. The van der Waals surface area contributed by atoms with Gasteiger partial charge in [0.2, 0.25) is 0 Å². The van der Waals surface area contributed by atoms with Gasteiger partial charge in [0, 0.05) is 11.1 Å². The molecule has 4 heteroatoms. The van der Waals surface area contributed by atoms with Crippen LogP contribution in [0.15, 0.2) is 48.5 Å². The maximum absolute atomic E-state index is 13.9. The minimum absolute atomic E-state index is 0.0471. The van der Waals surface area contributed by atoms with Crippen molar-refractivity contribution in [3.8, 4) is 5.75 Å². The maximum Gasteiger partial charge on any atom is 0.127 e. The summed E-state index contributed by atoms with van der Waals surface area (Å²) in [5.41, 5.74) is 0.641. The quantitative estimate of drug-likeness (QED) is 0.832. The Labute approximate surface area is 129 Å². The Balaban J connectivity index is 1.98. The van der Waals surface area contributed by atoms with E-state index in [2.05, 4.69) is 5.32 Å². The van der Waals surface area contributed by atoms with Crippen LogP contribution < -0.4 is 10.1 Å². The van der Waals surface area contributed by atoms with E-state index in [4.69, 9.17) is 16.3 Å². The highest BCUT2D eigenvalue weighted by Crippen LogP contribution is 2.17. The first-order chi connectivity index (χ1) is 10.2. The summed E-state index contributed by atoms with van der Waals surface area (Å²) in [5.74, 6) is 0.544. The summed E-state index contributed by atoms with van der Waals surface area (Å²) in [7, 11) is 0. The maximum atomic E-state index is 13.9. The molecule has 1 unspecified atom stereocenters. The van der Waals surface area contributed by atoms with Crippen molar-refractivity contribution >= 4 is 11.6 Å². The molecule has 0 fully saturated rings. The highest BCUT2D eigenvalue weighted by Gasteiger charge is 2.12. The predicted molar refractivity (Wildman–Crippen MR) is 84.5 cm³/mol. The normalized spacial score (nSPS) is 12.1. The molecule has 112 valence electrons. The second-order valence-corrected chi connectivity index (χ2v) is 5.25. The van der Waals surface area contributed by atoms with Crippen LogP contribution in [0.25, 0.3) is 0 Å². The summed E-state index contributed by atoms with van der Waals surface area (Å²) in [6.45, 7) is 3.31. The molecule has 0 radical (unpaired) electrons. The Morgan fingerprint density at radius 3 is 2.62 bits per heavy atom. The Bertz CT molecular complexity index is 562. The van der Waals surface area contributed by atoms with Crippen molar-refractivity contribution in [2.75, 3.05) is 13.2 Å². The lowest BCUT2D eigenvalue weighted by atomic mass is 10.1. The molecule has 0 aliphatic rings. The van der Waals surface area contributed by atoms with Crippen LogP contribution in [0.1, 0.15) is 12.5 Å². The third kappa shape index (κ3) is 5.03. The van der Waals surface area contributed by atoms with Gasteiger partial charge < -0.3 is 10.1 Å². The number of likely N-dealkylation sites (N-methyl/N-ethyl adjacent to an activating group) is 1. The monoisotopic (exact) mass is 307 g/mol. The van der Waals surface area contributed by atoms with Crippen LogP contribution in [0.4, 0.5) is 4.39 Å². The molecule has 0 bridgehead atoms. The van der Waals surface area contributed by atoms with Crippen LogP contribution in [-0.2, 0) is 6.42 Å². The van der Waals surface area contributed by atoms with Crippen molar-refractivity contribution in [3.05, 3.63) is 64.9 Å². The van der Waals surface area contributed by atoms with Gasteiger partial charge in [-0.1, -0.05) is 42.8 Å². The second kappa shape index (κ2) is 8.01. The number of benzene rings is 2. The molecule has 2 aromatic carbocycles. The van der Waals surface area contributed by atoms with Gasteiger partial charge in [0.1, 0.15) is 18.2 Å². The lowest BCUT2D eigenvalue weighted by Gasteiger charge is -2.19. The Kier molecular flexibility index (Phi) is 6.03. The van der Waals surface area contributed by atoms with E-state index in [1.54, 1.807) is 12.1 Å². The van der Waals surface area contributed by atoms with Gasteiger partial charge in [0.25, 0.3) is 0 Å². The van der Waals surface area contributed by atoms with E-state index in [-0.39, 0.29) is 11.9 Å². The second-order valence-electron chi connectivity index (χ2n) is 4.82. The van der Waals surface area contributed by atoms with Gasteiger partial charge in [-0.3, -0.25) is 0 Å². The van der Waals surface area contributed by atoms with E-state index in [1.165, 1.54) is 6.07 Å². The summed E-state index contributed by atoms with van der Waals surface area (Å²) < 4.78 is 19.6. The number of nitrogens with one attached hydrogen (secondary N) is 1. The molecule has 1 N–H and O–H groups in total. The van der Waals surface area contributed by atoms with Gasteiger partial charge >= 0.3 is 0 Å². The third-order valence-corrected chi connectivity index (χ3v) is 3.40. The summed E-state index contributed by atoms with van der Waals surface area (Å²) >= 11 is 5.78. The number of hydrogen-bond acceptors (Lipinski definition) is 2. The third-order valence-electron chi connectivity index (χ3n) is 3.17. The van der Waals surface area contributed by atoms with Crippen molar-refractivity contribution in [2.45, 2.75) is 19.4 Å². The zero-order valence-corrected chi connectivity index (χ0v) is 12.7. The first-order valence-electron chi connectivity index (χ1n) is 7.04. The van der Waals surface area contributed by atoms with Crippen molar-refractivity contribution in [2.24, 2.45) is 0 Å². The van der Waals surface area contributed by atoms with Crippen molar-refractivity contribution in [3.63, 3.8) is 0 Å². The Hall–Kier alpha value is -1.58. The fourth-order valence-electron chi connectivity index (χ4n) is 2.14. The number of ether oxygens (including phenoxy) is 1. The topological polar surface area (TPSA) is 21.3 Å². The van der Waals surface area contributed by atoms with Gasteiger partial charge in [0.15, 0.2) is 0 Å². The fraction of sp³-hybridized carbons (Fsp3) is 0.294. The number of hydrogen-bond donors (Lipinski definition) is 1. The van der Waals surface area contributed by atoms with Gasteiger partial charge in [-0.05, 0) is 42.8 Å². The zero-order chi connectivity index (χ0) is 15.1. The van der Waals surface area contributed by atoms with E-state index in [0.717, 1.165) is 12.3 Å². The summed E-state index contributed by atoms with van der Waals surface area (Å²) in [5, 5.41) is 3.73. The molecule has 0 heterocycles. The van der Waals surface area contributed by atoms with E-state index >= 15 is 0 Å². The van der Waals surface area contributed by atoms with E-state index in [9.17, 15) is 4.39 Å². The fourth-order valence-corrected chi connectivity index (χ4v) is 2.30. The average Bonchev–Trinajstić information content (AvgIpc) is 2.49. The van der Waals surface area contributed by atoms with Crippen LogP contribution in [0.3, 0.4) is 0 Å². The average molecular weight is 308 g/mol. The van der Waals surface area contributed by atoms with Crippen molar-refractivity contribution in [1.29, 1.82) is 0 Å². The first kappa shape index (κ1) is 15.8. The molecule has 0 spiro atoms. The van der Waals surface area contributed by atoms with Gasteiger partial charge in [-0.15, -0.1) is 0 Å². The van der Waals surface area contributed by atoms with Crippen molar-refractivity contribution < 1.29 is 9.13 Å². The van der Waals surface area contributed by atoms with E-state index < -0.39 is 0 Å². The summed E-state index contributed by atoms with van der Waals surface area (Å²) in [6.07, 6.45) is 0.559. The number of halogens is 2. The smallest absolute Gasteiger partial charge is 0.127 e. The van der Waals surface area contributed by atoms with Gasteiger partial charge in [-0.2, -0.15) is 0 Å². The molecular formula is C17H19ClFNO. The first-order valence-corrected chi connectivity index (χ1v) is 7.42.